The van der Waals surface area contributed by atoms with Gasteiger partial charge in [-0.1, -0.05) is 6.07 Å². The van der Waals surface area contributed by atoms with Gasteiger partial charge >= 0.3 is 0 Å². The molecular weight excluding hydrogens is 247 g/mol. The second kappa shape index (κ2) is 4.26. The summed E-state index contributed by atoms with van der Waals surface area (Å²) in [5.74, 6) is 1.46. The maximum absolute atomic E-state index is 13.2. The third-order valence-electron chi connectivity index (χ3n) is 3.83. The van der Waals surface area contributed by atoms with Crippen molar-refractivity contribution in [3.63, 3.8) is 0 Å². The Morgan fingerprint density at radius 2 is 2.33 bits per heavy atom. The summed E-state index contributed by atoms with van der Waals surface area (Å²) in [6.45, 7) is 3.93. The lowest BCUT2D eigenvalue weighted by Crippen LogP contribution is -2.37. The molecule has 0 aromatic heterocycles. The lowest BCUT2D eigenvalue weighted by Gasteiger charge is -2.30. The number of nitrogens with one attached hydrogen (secondary N) is 1. The van der Waals surface area contributed by atoms with Gasteiger partial charge in [-0.2, -0.15) is 11.8 Å². The monoisotopic (exact) mass is 264 g/mol. The van der Waals surface area contributed by atoms with Crippen molar-refractivity contribution in [3.05, 3.63) is 35.1 Å². The van der Waals surface area contributed by atoms with E-state index in [9.17, 15) is 4.39 Å². The zero-order chi connectivity index (χ0) is 12.8. The first-order chi connectivity index (χ1) is 8.57. The van der Waals surface area contributed by atoms with Gasteiger partial charge in [0.25, 0.3) is 0 Å². The van der Waals surface area contributed by atoms with E-state index in [1.807, 2.05) is 17.8 Å². The molecule has 4 heteroatoms. The Labute approximate surface area is 111 Å². The molecule has 0 bridgehead atoms. The topological polar surface area (TPSA) is 27.1 Å². The van der Waals surface area contributed by atoms with Crippen LogP contribution in [0.5, 0.6) is 0 Å². The van der Waals surface area contributed by atoms with Crippen LogP contribution in [0.15, 0.2) is 18.2 Å². The molecule has 1 fully saturated rings. The summed E-state index contributed by atoms with van der Waals surface area (Å²) in [7, 11) is 0. The Bertz CT molecular complexity index is 495. The van der Waals surface area contributed by atoms with Crippen LogP contribution in [0.4, 0.5) is 4.39 Å². The average Bonchev–Trinajstić information content (AvgIpc) is 2.87. The molecule has 18 heavy (non-hydrogen) atoms. The van der Waals surface area contributed by atoms with Crippen molar-refractivity contribution >= 4 is 17.6 Å². The minimum absolute atomic E-state index is 0.248. The molecule has 1 saturated heterocycles. The van der Waals surface area contributed by atoms with Gasteiger partial charge in [0.1, 0.15) is 11.7 Å². The van der Waals surface area contributed by atoms with Gasteiger partial charge in [-0.15, -0.1) is 0 Å². The van der Waals surface area contributed by atoms with Crippen LogP contribution in [0, 0.1) is 11.2 Å². The second-order valence-corrected chi connectivity index (χ2v) is 7.09. The Morgan fingerprint density at radius 3 is 3.06 bits per heavy atom. The first kappa shape index (κ1) is 12.0. The van der Waals surface area contributed by atoms with Gasteiger partial charge in [0.15, 0.2) is 0 Å². The third kappa shape index (κ3) is 2.03. The van der Waals surface area contributed by atoms with Crippen LogP contribution in [0.25, 0.3) is 0 Å². The Hall–Kier alpha value is -1.03. The van der Waals surface area contributed by atoms with Crippen molar-refractivity contribution in [2.24, 2.45) is 0 Å². The van der Waals surface area contributed by atoms with E-state index < -0.39 is 0 Å². The lowest BCUT2D eigenvalue weighted by molar-refractivity contribution is 0.373. The molecule has 1 unspecified atom stereocenters. The highest BCUT2D eigenvalue weighted by molar-refractivity contribution is 8.00. The predicted molar refractivity (Wildman–Crippen MR) is 73.7 cm³/mol. The molecule has 2 aliphatic rings. The molecule has 0 radical (unpaired) electrons. The van der Waals surface area contributed by atoms with Gasteiger partial charge < -0.3 is 4.90 Å². The molecular formula is C14H17FN2S. The lowest BCUT2D eigenvalue weighted by atomic mass is 10.1. The molecule has 0 aliphatic carbocycles. The van der Waals surface area contributed by atoms with Crippen LogP contribution in [0.2, 0.25) is 0 Å². The number of nitrogens with zero attached hydrogens (tertiary/aromatic N) is 1. The Morgan fingerprint density at radius 1 is 1.50 bits per heavy atom. The number of halogens is 1. The smallest absolute Gasteiger partial charge is 0.128 e. The van der Waals surface area contributed by atoms with Crippen molar-refractivity contribution < 1.29 is 4.39 Å². The van der Waals surface area contributed by atoms with E-state index >= 15 is 0 Å². The number of hydrogen-bond acceptors (Lipinski definition) is 2. The Kier molecular flexibility index (Phi) is 2.85. The van der Waals surface area contributed by atoms with Crippen LogP contribution >= 0.6 is 11.8 Å². The normalized spacial score (nSPS) is 26.8. The largest absolute Gasteiger partial charge is 0.351 e. The van der Waals surface area contributed by atoms with Gasteiger partial charge in [0, 0.05) is 23.4 Å². The summed E-state index contributed by atoms with van der Waals surface area (Å²) in [6, 6.07) is 4.78. The maximum Gasteiger partial charge on any atom is 0.128 e. The highest BCUT2D eigenvalue weighted by atomic mass is 32.2. The van der Waals surface area contributed by atoms with Crippen molar-refractivity contribution in [3.8, 4) is 0 Å². The fourth-order valence-electron chi connectivity index (χ4n) is 2.86. The number of amidine groups is 1. The van der Waals surface area contributed by atoms with Crippen molar-refractivity contribution in [2.45, 2.75) is 31.1 Å². The molecule has 1 N–H and O–H groups in total. The SMILES string of the molecule is CC1(CN2Cc3ccc(F)cc3C2=N)CCCS1. The summed E-state index contributed by atoms with van der Waals surface area (Å²) in [6.07, 6.45) is 2.48. The summed E-state index contributed by atoms with van der Waals surface area (Å²) >= 11 is 2.00. The number of hydrogen-bond donors (Lipinski definition) is 1. The van der Waals surface area contributed by atoms with E-state index in [2.05, 4.69) is 11.8 Å². The van der Waals surface area contributed by atoms with Gasteiger partial charge in [0.05, 0.1) is 0 Å². The second-order valence-electron chi connectivity index (χ2n) is 5.41. The van der Waals surface area contributed by atoms with E-state index in [1.54, 1.807) is 0 Å². The number of benzene rings is 1. The summed E-state index contributed by atoms with van der Waals surface area (Å²) in [4.78, 5) is 2.09. The molecule has 2 heterocycles. The molecule has 96 valence electrons. The van der Waals surface area contributed by atoms with Crippen LogP contribution < -0.4 is 0 Å². The zero-order valence-corrected chi connectivity index (χ0v) is 11.3. The van der Waals surface area contributed by atoms with Crippen molar-refractivity contribution in [1.82, 2.24) is 4.90 Å². The number of thioether (sulfide) groups is 1. The minimum atomic E-state index is -0.248. The molecule has 1 atom stereocenters. The first-order valence-electron chi connectivity index (χ1n) is 6.34. The van der Waals surface area contributed by atoms with Crippen molar-refractivity contribution in [2.75, 3.05) is 12.3 Å². The minimum Gasteiger partial charge on any atom is -0.351 e. The fraction of sp³-hybridized carbons (Fsp3) is 0.500. The summed E-state index contributed by atoms with van der Waals surface area (Å²) in [5, 5.41) is 8.19. The van der Waals surface area contributed by atoms with Crippen molar-refractivity contribution in [1.29, 1.82) is 5.41 Å². The molecule has 1 aromatic rings. The van der Waals surface area contributed by atoms with Crippen LogP contribution in [-0.4, -0.2) is 27.8 Å². The van der Waals surface area contributed by atoms with Gasteiger partial charge in [0.2, 0.25) is 0 Å². The molecule has 0 saturated carbocycles. The fourth-order valence-corrected chi connectivity index (χ4v) is 4.18. The molecule has 2 aliphatic heterocycles. The highest BCUT2D eigenvalue weighted by Crippen LogP contribution is 2.39. The molecule has 1 aromatic carbocycles. The van der Waals surface area contributed by atoms with Crippen LogP contribution in [0.3, 0.4) is 0 Å². The summed E-state index contributed by atoms with van der Waals surface area (Å²) in [5.41, 5.74) is 1.84. The molecule has 3 rings (SSSR count). The third-order valence-corrected chi connectivity index (χ3v) is 5.35. The van der Waals surface area contributed by atoms with E-state index in [0.29, 0.717) is 5.84 Å². The van der Waals surface area contributed by atoms with E-state index in [4.69, 9.17) is 5.41 Å². The number of rotatable bonds is 2. The standard InChI is InChI=1S/C14H17FN2S/c1-14(5-2-6-18-14)9-17-8-10-3-4-11(15)7-12(10)13(17)16/h3-4,7,16H,2,5-6,8-9H2,1H3. The maximum atomic E-state index is 13.2. The van der Waals surface area contributed by atoms with E-state index in [1.165, 1.54) is 30.7 Å². The highest BCUT2D eigenvalue weighted by Gasteiger charge is 2.35. The van der Waals surface area contributed by atoms with Gasteiger partial charge in [-0.05, 0) is 43.2 Å². The van der Waals surface area contributed by atoms with E-state index in [-0.39, 0.29) is 10.6 Å². The zero-order valence-electron chi connectivity index (χ0n) is 10.5. The van der Waals surface area contributed by atoms with Crippen LogP contribution in [0.1, 0.15) is 30.9 Å². The molecule has 0 amide bonds. The average molecular weight is 264 g/mol. The van der Waals surface area contributed by atoms with Gasteiger partial charge in [-0.3, -0.25) is 5.41 Å². The number of fused-ring (bicyclic) bond motifs is 1. The van der Waals surface area contributed by atoms with E-state index in [0.717, 1.165) is 24.2 Å². The quantitative estimate of drug-likeness (QED) is 0.887. The molecule has 2 nitrogen and oxygen atoms in total. The molecule has 0 spiro atoms. The van der Waals surface area contributed by atoms with Gasteiger partial charge in [-0.25, -0.2) is 4.39 Å². The first-order valence-corrected chi connectivity index (χ1v) is 7.32. The van der Waals surface area contributed by atoms with Crippen LogP contribution in [-0.2, 0) is 6.54 Å². The Balaban J connectivity index is 1.80. The summed E-state index contributed by atoms with van der Waals surface area (Å²) < 4.78 is 13.5. The predicted octanol–water partition coefficient (Wildman–Crippen LogP) is 3.25.